The number of amides is 1. The lowest BCUT2D eigenvalue weighted by molar-refractivity contribution is -0.0874. The molecule has 2 fully saturated rings. The summed E-state index contributed by atoms with van der Waals surface area (Å²) in [6.07, 6.45) is 7.79. The van der Waals surface area contributed by atoms with Crippen LogP contribution < -0.4 is 4.74 Å². The first kappa shape index (κ1) is 20.0. The minimum absolute atomic E-state index is 0.0673. The van der Waals surface area contributed by atoms with Crippen LogP contribution in [0.1, 0.15) is 55.1 Å². The largest absolute Gasteiger partial charge is 0.497 e. The number of morpholine rings is 1. The van der Waals surface area contributed by atoms with Gasteiger partial charge in [-0.15, -0.1) is 0 Å². The van der Waals surface area contributed by atoms with Gasteiger partial charge < -0.3 is 14.4 Å². The van der Waals surface area contributed by atoms with Crippen molar-refractivity contribution >= 4 is 5.91 Å². The van der Waals surface area contributed by atoms with Gasteiger partial charge in [0.05, 0.1) is 42.5 Å². The van der Waals surface area contributed by atoms with Gasteiger partial charge in [-0.05, 0) is 56.4 Å². The van der Waals surface area contributed by atoms with Crippen molar-refractivity contribution in [2.24, 2.45) is 5.92 Å². The highest BCUT2D eigenvalue weighted by Gasteiger charge is 2.40. The van der Waals surface area contributed by atoms with Crippen molar-refractivity contribution in [1.82, 2.24) is 14.7 Å². The van der Waals surface area contributed by atoms with Gasteiger partial charge in [0.1, 0.15) is 5.75 Å². The van der Waals surface area contributed by atoms with Crippen LogP contribution in [0, 0.1) is 12.8 Å². The van der Waals surface area contributed by atoms with E-state index in [0.717, 1.165) is 36.4 Å². The molecule has 1 saturated carbocycles. The van der Waals surface area contributed by atoms with Crippen molar-refractivity contribution in [2.45, 2.75) is 58.2 Å². The normalized spacial score (nSPS) is 22.0. The first-order valence-corrected chi connectivity index (χ1v) is 10.7. The zero-order chi connectivity index (χ0) is 20.4. The van der Waals surface area contributed by atoms with E-state index >= 15 is 0 Å². The Balaban J connectivity index is 1.52. The number of hydrogen-bond donors (Lipinski definition) is 0. The minimum Gasteiger partial charge on any atom is -0.497 e. The quantitative estimate of drug-likeness (QED) is 0.709. The summed E-state index contributed by atoms with van der Waals surface area (Å²) in [6.45, 7) is 5.52. The van der Waals surface area contributed by atoms with Crippen LogP contribution >= 0.6 is 0 Å². The number of benzene rings is 1. The SMILES string of the molecule is CCCC[C@@H]1CN(C(=O)c2cnn(-c3ccc(OC)cc3)c2C)C[C@H](C2CC2)O1. The standard InChI is InChI=1S/C23H31N3O3/c1-4-5-6-20-14-25(15-22(29-20)17-7-8-17)23(27)21-13-24-26(16(21)2)18-9-11-19(28-3)12-10-18/h9-13,17,20,22H,4-8,14-15H2,1-3H3/t20-,22-/m1/s1. The molecule has 2 aromatic rings. The number of carbonyl (C=O) groups excluding carboxylic acids is 1. The molecule has 1 aliphatic carbocycles. The second-order valence-electron chi connectivity index (χ2n) is 8.24. The molecule has 1 amide bonds. The third kappa shape index (κ3) is 4.32. The summed E-state index contributed by atoms with van der Waals surface area (Å²) in [6, 6.07) is 7.70. The Morgan fingerprint density at radius 1 is 1.24 bits per heavy atom. The Hall–Kier alpha value is -2.34. The molecule has 4 rings (SSSR count). The maximum absolute atomic E-state index is 13.4. The summed E-state index contributed by atoms with van der Waals surface area (Å²) >= 11 is 0. The van der Waals surface area contributed by atoms with E-state index in [9.17, 15) is 4.79 Å². The van der Waals surface area contributed by atoms with Crippen LogP contribution in [0.15, 0.2) is 30.5 Å². The first-order valence-electron chi connectivity index (χ1n) is 10.7. The van der Waals surface area contributed by atoms with Crippen LogP contribution in [0.4, 0.5) is 0 Å². The topological polar surface area (TPSA) is 56.6 Å². The Kier molecular flexibility index (Phi) is 5.90. The van der Waals surface area contributed by atoms with Gasteiger partial charge in [-0.1, -0.05) is 19.8 Å². The second kappa shape index (κ2) is 8.57. The molecular weight excluding hydrogens is 366 g/mol. The van der Waals surface area contributed by atoms with E-state index in [2.05, 4.69) is 12.0 Å². The fourth-order valence-electron chi connectivity index (χ4n) is 4.13. The first-order chi connectivity index (χ1) is 14.1. The minimum atomic E-state index is 0.0673. The average Bonchev–Trinajstić information content (AvgIpc) is 3.54. The molecule has 0 spiro atoms. The Morgan fingerprint density at radius 3 is 2.66 bits per heavy atom. The number of hydrogen-bond acceptors (Lipinski definition) is 4. The predicted molar refractivity (Wildman–Crippen MR) is 112 cm³/mol. The molecule has 0 bridgehead atoms. The Morgan fingerprint density at radius 2 is 2.00 bits per heavy atom. The van der Waals surface area contributed by atoms with Crippen molar-refractivity contribution in [2.75, 3.05) is 20.2 Å². The van der Waals surface area contributed by atoms with E-state index in [1.54, 1.807) is 13.3 Å². The van der Waals surface area contributed by atoms with Crippen LogP contribution in [0.5, 0.6) is 5.75 Å². The maximum atomic E-state index is 13.4. The van der Waals surface area contributed by atoms with Gasteiger partial charge in [-0.3, -0.25) is 4.79 Å². The molecule has 0 unspecified atom stereocenters. The third-order valence-corrected chi connectivity index (χ3v) is 6.06. The average molecular weight is 398 g/mol. The second-order valence-corrected chi connectivity index (χ2v) is 8.24. The monoisotopic (exact) mass is 397 g/mol. The molecule has 156 valence electrons. The molecule has 0 N–H and O–H groups in total. The van der Waals surface area contributed by atoms with Gasteiger partial charge in [0.2, 0.25) is 0 Å². The number of rotatable bonds is 7. The lowest BCUT2D eigenvalue weighted by Crippen LogP contribution is -2.50. The van der Waals surface area contributed by atoms with E-state index in [0.29, 0.717) is 24.6 Å². The summed E-state index contributed by atoms with van der Waals surface area (Å²) in [5.74, 6) is 1.49. The molecule has 0 radical (unpaired) electrons. The molecule has 1 aromatic heterocycles. The van der Waals surface area contributed by atoms with Crippen LogP contribution in [0.2, 0.25) is 0 Å². The van der Waals surface area contributed by atoms with Gasteiger partial charge in [0.25, 0.3) is 5.91 Å². The molecule has 1 aliphatic heterocycles. The predicted octanol–water partition coefficient (Wildman–Crippen LogP) is 4.00. The highest BCUT2D eigenvalue weighted by molar-refractivity contribution is 5.95. The van der Waals surface area contributed by atoms with Gasteiger partial charge in [-0.25, -0.2) is 4.68 Å². The van der Waals surface area contributed by atoms with E-state index in [1.807, 2.05) is 40.8 Å². The smallest absolute Gasteiger partial charge is 0.257 e. The van der Waals surface area contributed by atoms with E-state index in [4.69, 9.17) is 9.47 Å². The summed E-state index contributed by atoms with van der Waals surface area (Å²) in [7, 11) is 1.65. The third-order valence-electron chi connectivity index (χ3n) is 6.06. The van der Waals surface area contributed by atoms with Crippen molar-refractivity contribution in [3.8, 4) is 11.4 Å². The summed E-state index contributed by atoms with van der Waals surface area (Å²) in [5, 5.41) is 4.49. The lowest BCUT2D eigenvalue weighted by atomic mass is 10.1. The molecule has 6 nitrogen and oxygen atoms in total. The van der Waals surface area contributed by atoms with Gasteiger partial charge >= 0.3 is 0 Å². The molecule has 2 atom stereocenters. The highest BCUT2D eigenvalue weighted by atomic mass is 16.5. The zero-order valence-electron chi connectivity index (χ0n) is 17.6. The number of carbonyl (C=O) groups is 1. The molecular formula is C23H31N3O3. The number of nitrogens with zero attached hydrogens (tertiary/aromatic N) is 3. The van der Waals surface area contributed by atoms with Crippen molar-refractivity contribution in [3.63, 3.8) is 0 Å². The molecule has 29 heavy (non-hydrogen) atoms. The number of unbranched alkanes of at least 4 members (excludes halogenated alkanes) is 1. The number of ether oxygens (including phenoxy) is 2. The van der Waals surface area contributed by atoms with E-state index in [-0.39, 0.29) is 18.1 Å². The molecule has 6 heteroatoms. The zero-order valence-corrected chi connectivity index (χ0v) is 17.6. The summed E-state index contributed by atoms with van der Waals surface area (Å²) in [5.41, 5.74) is 2.45. The Labute approximate surface area is 172 Å². The van der Waals surface area contributed by atoms with Gasteiger partial charge in [-0.2, -0.15) is 5.10 Å². The van der Waals surface area contributed by atoms with Crippen LogP contribution in [0.3, 0.4) is 0 Å². The molecule has 1 saturated heterocycles. The maximum Gasteiger partial charge on any atom is 0.257 e. The fraction of sp³-hybridized carbons (Fsp3) is 0.565. The van der Waals surface area contributed by atoms with Crippen LogP contribution in [0.25, 0.3) is 5.69 Å². The van der Waals surface area contributed by atoms with Crippen LogP contribution in [-0.2, 0) is 4.74 Å². The van der Waals surface area contributed by atoms with Gasteiger partial charge in [0.15, 0.2) is 0 Å². The van der Waals surface area contributed by atoms with Gasteiger partial charge in [0, 0.05) is 13.1 Å². The van der Waals surface area contributed by atoms with E-state index < -0.39 is 0 Å². The lowest BCUT2D eigenvalue weighted by Gasteiger charge is -2.38. The number of aromatic nitrogens is 2. The number of methoxy groups -OCH3 is 1. The summed E-state index contributed by atoms with van der Waals surface area (Å²) < 4.78 is 13.4. The van der Waals surface area contributed by atoms with Crippen molar-refractivity contribution < 1.29 is 14.3 Å². The van der Waals surface area contributed by atoms with E-state index in [1.165, 1.54) is 12.8 Å². The molecule has 2 heterocycles. The fourth-order valence-corrected chi connectivity index (χ4v) is 4.13. The van der Waals surface area contributed by atoms with Crippen molar-refractivity contribution in [3.05, 3.63) is 41.7 Å². The highest BCUT2D eigenvalue weighted by Crippen LogP contribution is 2.37. The van der Waals surface area contributed by atoms with Crippen molar-refractivity contribution in [1.29, 1.82) is 0 Å². The molecule has 1 aromatic carbocycles. The summed E-state index contributed by atoms with van der Waals surface area (Å²) in [4.78, 5) is 15.4. The van der Waals surface area contributed by atoms with Crippen LogP contribution in [-0.4, -0.2) is 53.0 Å². The Bertz CT molecular complexity index is 842. The molecule has 2 aliphatic rings.